The zero-order valence-corrected chi connectivity index (χ0v) is 13.3. The predicted octanol–water partition coefficient (Wildman–Crippen LogP) is 3.60. The molecule has 2 N–H and O–H groups in total. The zero-order chi connectivity index (χ0) is 14.3. The first-order valence-corrected chi connectivity index (χ1v) is 8.17. The van der Waals surface area contributed by atoms with Crippen molar-refractivity contribution < 1.29 is 0 Å². The van der Waals surface area contributed by atoms with E-state index in [4.69, 9.17) is 5.73 Å². The third-order valence-electron chi connectivity index (χ3n) is 4.75. The van der Waals surface area contributed by atoms with Crippen LogP contribution in [0.1, 0.15) is 38.0 Å². The first-order valence-electron chi connectivity index (χ1n) is 7.35. The highest BCUT2D eigenvalue weighted by Gasteiger charge is 2.36. The van der Waals surface area contributed by atoms with Gasteiger partial charge in [0.1, 0.15) is 10.6 Å². The van der Waals surface area contributed by atoms with Gasteiger partial charge in [-0.3, -0.25) is 0 Å². The molecule has 3 rings (SSSR count). The van der Waals surface area contributed by atoms with Crippen LogP contribution in [-0.4, -0.2) is 23.1 Å². The van der Waals surface area contributed by atoms with Crippen molar-refractivity contribution in [2.75, 3.05) is 23.7 Å². The van der Waals surface area contributed by atoms with Crippen molar-refractivity contribution in [1.29, 1.82) is 0 Å². The van der Waals surface area contributed by atoms with Crippen LogP contribution in [0.3, 0.4) is 0 Å². The van der Waals surface area contributed by atoms with Gasteiger partial charge in [-0.05, 0) is 37.7 Å². The molecular weight excluding hydrogens is 268 g/mol. The molecule has 0 saturated carbocycles. The van der Waals surface area contributed by atoms with Crippen LogP contribution >= 0.6 is 11.3 Å². The molecule has 4 nitrogen and oxygen atoms in total. The molecule has 3 heterocycles. The molecule has 108 valence electrons. The monoisotopic (exact) mass is 290 g/mol. The maximum Gasteiger partial charge on any atom is 0.223 e. The lowest BCUT2D eigenvalue weighted by Crippen LogP contribution is -2.27. The molecule has 0 spiro atoms. The molecule has 1 saturated heterocycles. The fourth-order valence-electron chi connectivity index (χ4n) is 3.23. The molecule has 0 aromatic carbocycles. The number of nitrogens with zero attached hydrogens (tertiary/aromatic N) is 3. The summed E-state index contributed by atoms with van der Waals surface area (Å²) in [6.45, 7) is 8.86. The van der Waals surface area contributed by atoms with Crippen molar-refractivity contribution in [3.8, 4) is 0 Å². The number of fused-ring (bicyclic) bond motifs is 1. The number of aryl methyl sites for hydroxylation is 1. The molecule has 2 aromatic rings. The molecule has 0 unspecified atom stereocenters. The van der Waals surface area contributed by atoms with E-state index in [0.29, 0.717) is 11.4 Å². The minimum Gasteiger partial charge on any atom is -0.368 e. The van der Waals surface area contributed by atoms with E-state index in [1.54, 1.807) is 11.3 Å². The first kappa shape index (κ1) is 13.6. The van der Waals surface area contributed by atoms with Crippen LogP contribution in [0.15, 0.2) is 6.07 Å². The smallest absolute Gasteiger partial charge is 0.223 e. The molecule has 1 aliphatic heterocycles. The summed E-state index contributed by atoms with van der Waals surface area (Å²) in [6, 6.07) is 2.19. The Morgan fingerprint density at radius 2 is 2.10 bits per heavy atom. The highest BCUT2D eigenvalue weighted by Crippen LogP contribution is 2.41. The Bertz CT molecular complexity index is 630. The second kappa shape index (κ2) is 4.88. The van der Waals surface area contributed by atoms with Crippen LogP contribution in [0.5, 0.6) is 0 Å². The lowest BCUT2D eigenvalue weighted by atomic mass is 9.82. The Kier molecular flexibility index (Phi) is 3.32. The lowest BCUT2D eigenvalue weighted by molar-refractivity contribution is 0.301. The van der Waals surface area contributed by atoms with E-state index in [1.165, 1.54) is 24.1 Å². The second-order valence-electron chi connectivity index (χ2n) is 5.86. The van der Waals surface area contributed by atoms with E-state index in [0.717, 1.165) is 29.1 Å². The standard InChI is InChI=1S/C15H22N4S/c1-4-15(5-2)6-7-19(9-15)12-11-8-10(3)20-13(11)18-14(16)17-12/h8H,4-7,9H2,1-3H3,(H2,16,17,18). The molecule has 5 heteroatoms. The summed E-state index contributed by atoms with van der Waals surface area (Å²) in [5.41, 5.74) is 6.33. The van der Waals surface area contributed by atoms with Crippen molar-refractivity contribution in [2.24, 2.45) is 5.41 Å². The van der Waals surface area contributed by atoms with Gasteiger partial charge in [-0.25, -0.2) is 4.98 Å². The molecule has 1 aliphatic rings. The number of nitrogens with two attached hydrogens (primary N) is 1. The molecule has 0 aliphatic carbocycles. The van der Waals surface area contributed by atoms with E-state index >= 15 is 0 Å². The third-order valence-corrected chi connectivity index (χ3v) is 5.70. The number of nitrogen functional groups attached to an aromatic ring is 1. The van der Waals surface area contributed by atoms with Crippen molar-refractivity contribution in [3.63, 3.8) is 0 Å². The minimum atomic E-state index is 0.389. The number of hydrogen-bond acceptors (Lipinski definition) is 5. The Hall–Kier alpha value is -1.36. The van der Waals surface area contributed by atoms with Crippen molar-refractivity contribution in [1.82, 2.24) is 9.97 Å². The Morgan fingerprint density at radius 1 is 1.35 bits per heavy atom. The fraction of sp³-hybridized carbons (Fsp3) is 0.600. The van der Waals surface area contributed by atoms with Gasteiger partial charge in [-0.2, -0.15) is 4.98 Å². The number of thiophene rings is 1. The maximum atomic E-state index is 5.89. The summed E-state index contributed by atoms with van der Waals surface area (Å²) in [5.74, 6) is 1.42. The van der Waals surface area contributed by atoms with Crippen LogP contribution in [-0.2, 0) is 0 Å². The normalized spacial score (nSPS) is 18.1. The molecule has 20 heavy (non-hydrogen) atoms. The maximum absolute atomic E-state index is 5.89. The average molecular weight is 290 g/mol. The third kappa shape index (κ3) is 2.14. The largest absolute Gasteiger partial charge is 0.368 e. The van der Waals surface area contributed by atoms with Gasteiger partial charge in [-0.15, -0.1) is 11.3 Å². The van der Waals surface area contributed by atoms with Crippen molar-refractivity contribution in [2.45, 2.75) is 40.0 Å². The van der Waals surface area contributed by atoms with Gasteiger partial charge in [-0.1, -0.05) is 13.8 Å². The summed E-state index contributed by atoms with van der Waals surface area (Å²) in [4.78, 5) is 13.6. The zero-order valence-electron chi connectivity index (χ0n) is 12.4. The number of rotatable bonds is 3. The van der Waals surface area contributed by atoms with Crippen LogP contribution in [0, 0.1) is 12.3 Å². The van der Waals surface area contributed by atoms with Gasteiger partial charge >= 0.3 is 0 Å². The van der Waals surface area contributed by atoms with E-state index in [2.05, 4.69) is 41.7 Å². The van der Waals surface area contributed by atoms with Crippen LogP contribution in [0.2, 0.25) is 0 Å². The minimum absolute atomic E-state index is 0.389. The molecule has 1 fully saturated rings. The van der Waals surface area contributed by atoms with Gasteiger partial charge in [0.2, 0.25) is 5.95 Å². The molecule has 0 bridgehead atoms. The Morgan fingerprint density at radius 3 is 2.75 bits per heavy atom. The Balaban J connectivity index is 2.03. The SMILES string of the molecule is CCC1(CC)CCN(c2nc(N)nc3sc(C)cc23)C1. The fourth-order valence-corrected chi connectivity index (χ4v) is 4.11. The Labute approximate surface area is 124 Å². The van der Waals surface area contributed by atoms with E-state index < -0.39 is 0 Å². The topological polar surface area (TPSA) is 55.0 Å². The van der Waals surface area contributed by atoms with E-state index in [9.17, 15) is 0 Å². The highest BCUT2D eigenvalue weighted by atomic mass is 32.1. The summed E-state index contributed by atoms with van der Waals surface area (Å²) >= 11 is 1.69. The summed E-state index contributed by atoms with van der Waals surface area (Å²) in [6.07, 6.45) is 3.70. The van der Waals surface area contributed by atoms with Gasteiger partial charge in [0.05, 0.1) is 5.39 Å². The average Bonchev–Trinajstić information content (AvgIpc) is 3.01. The van der Waals surface area contributed by atoms with Gasteiger partial charge in [0, 0.05) is 18.0 Å². The van der Waals surface area contributed by atoms with Crippen LogP contribution in [0.4, 0.5) is 11.8 Å². The molecule has 0 amide bonds. The van der Waals surface area contributed by atoms with Crippen LogP contribution in [0.25, 0.3) is 10.2 Å². The van der Waals surface area contributed by atoms with Crippen molar-refractivity contribution >= 4 is 33.3 Å². The molecule has 2 aromatic heterocycles. The van der Waals surface area contributed by atoms with Crippen LogP contribution < -0.4 is 10.6 Å². The summed E-state index contributed by atoms with van der Waals surface area (Å²) in [5, 5.41) is 1.16. The van der Waals surface area contributed by atoms with E-state index in [1.807, 2.05) is 0 Å². The molecule has 0 radical (unpaired) electrons. The molecular formula is C15H22N4S. The highest BCUT2D eigenvalue weighted by molar-refractivity contribution is 7.18. The van der Waals surface area contributed by atoms with Gasteiger partial charge in [0.15, 0.2) is 0 Å². The number of anilines is 2. The first-order chi connectivity index (χ1) is 9.57. The number of hydrogen-bond donors (Lipinski definition) is 1. The summed E-state index contributed by atoms with van der Waals surface area (Å²) < 4.78 is 0. The van der Waals surface area contributed by atoms with Gasteiger partial charge in [0.25, 0.3) is 0 Å². The van der Waals surface area contributed by atoms with E-state index in [-0.39, 0.29) is 0 Å². The summed E-state index contributed by atoms with van der Waals surface area (Å²) in [7, 11) is 0. The van der Waals surface area contributed by atoms with Gasteiger partial charge < -0.3 is 10.6 Å². The predicted molar refractivity (Wildman–Crippen MR) is 86.4 cm³/mol. The quantitative estimate of drug-likeness (QED) is 0.938. The number of aromatic nitrogens is 2. The molecule has 0 atom stereocenters. The lowest BCUT2D eigenvalue weighted by Gasteiger charge is -2.27. The van der Waals surface area contributed by atoms with Crippen molar-refractivity contribution in [3.05, 3.63) is 10.9 Å². The second-order valence-corrected chi connectivity index (χ2v) is 7.09.